The quantitative estimate of drug-likeness (QED) is 0.384. The fourth-order valence-corrected chi connectivity index (χ4v) is 1.64. The third-order valence-electron chi connectivity index (χ3n) is 2.34. The van der Waals surface area contributed by atoms with Crippen LogP contribution >= 0.6 is 15.9 Å². The molecule has 0 unspecified atom stereocenters. The van der Waals surface area contributed by atoms with E-state index < -0.39 is 11.7 Å². The molecule has 0 atom stereocenters. The first kappa shape index (κ1) is 14.4. The highest BCUT2D eigenvalue weighted by Gasteiger charge is 2.16. The largest absolute Gasteiger partial charge is 0.409 e. The van der Waals surface area contributed by atoms with Crippen molar-refractivity contribution in [3.05, 3.63) is 34.1 Å². The summed E-state index contributed by atoms with van der Waals surface area (Å²) in [5.41, 5.74) is 5.28. The number of benzene rings is 1. The van der Waals surface area contributed by atoms with Crippen LogP contribution in [0.2, 0.25) is 0 Å². The third-order valence-corrected chi connectivity index (χ3v) is 2.83. The van der Waals surface area contributed by atoms with Crippen LogP contribution in [0.1, 0.15) is 16.8 Å². The van der Waals surface area contributed by atoms with E-state index in [0.717, 1.165) is 0 Å². The Labute approximate surface area is 112 Å². The van der Waals surface area contributed by atoms with Crippen LogP contribution in [0.5, 0.6) is 0 Å². The van der Waals surface area contributed by atoms with Crippen LogP contribution in [0.4, 0.5) is 4.39 Å². The molecule has 0 spiro atoms. The summed E-state index contributed by atoms with van der Waals surface area (Å²) in [7, 11) is 1.52. The van der Waals surface area contributed by atoms with Gasteiger partial charge in [0.05, 0.1) is 5.56 Å². The highest BCUT2D eigenvalue weighted by atomic mass is 79.9. The van der Waals surface area contributed by atoms with Gasteiger partial charge in [-0.25, -0.2) is 4.39 Å². The Balaban J connectivity index is 2.74. The molecule has 1 amide bonds. The Morgan fingerprint density at radius 2 is 2.28 bits per heavy atom. The summed E-state index contributed by atoms with van der Waals surface area (Å²) in [5.74, 6) is -1.03. The smallest absolute Gasteiger partial charge is 0.256 e. The zero-order valence-electron chi connectivity index (χ0n) is 9.73. The molecule has 5 nitrogen and oxygen atoms in total. The standard InChI is InChI=1S/C11H13BrFN3O2/c1-16(5-4-10(14)15-18)11(17)8-3-2-7(12)6-9(8)13/h2-3,6,18H,4-5H2,1H3,(H2,14,15). The van der Waals surface area contributed by atoms with Crippen molar-refractivity contribution in [1.29, 1.82) is 0 Å². The number of amides is 1. The van der Waals surface area contributed by atoms with E-state index in [-0.39, 0.29) is 24.4 Å². The molecule has 0 saturated carbocycles. The second kappa shape index (κ2) is 6.34. The van der Waals surface area contributed by atoms with Gasteiger partial charge in [0.25, 0.3) is 5.91 Å². The Kier molecular flexibility index (Phi) is 5.08. The second-order valence-corrected chi connectivity index (χ2v) is 4.61. The summed E-state index contributed by atoms with van der Waals surface area (Å²) in [5, 5.41) is 11.2. The van der Waals surface area contributed by atoms with Crippen molar-refractivity contribution in [2.75, 3.05) is 13.6 Å². The molecule has 7 heteroatoms. The molecule has 1 rings (SSSR count). The van der Waals surface area contributed by atoms with Gasteiger partial charge in [0, 0.05) is 24.5 Å². The van der Waals surface area contributed by atoms with Crippen molar-refractivity contribution in [3.63, 3.8) is 0 Å². The van der Waals surface area contributed by atoms with E-state index in [1.807, 2.05) is 0 Å². The molecule has 0 heterocycles. The van der Waals surface area contributed by atoms with E-state index in [0.29, 0.717) is 4.47 Å². The minimum Gasteiger partial charge on any atom is -0.409 e. The van der Waals surface area contributed by atoms with Crippen LogP contribution in [-0.4, -0.2) is 35.4 Å². The Bertz CT molecular complexity index is 479. The monoisotopic (exact) mass is 317 g/mol. The third kappa shape index (κ3) is 3.69. The van der Waals surface area contributed by atoms with Crippen molar-refractivity contribution in [1.82, 2.24) is 4.90 Å². The Morgan fingerprint density at radius 3 is 2.83 bits per heavy atom. The zero-order valence-corrected chi connectivity index (χ0v) is 11.3. The number of carbonyl (C=O) groups is 1. The minimum absolute atomic E-state index is 0.0137. The normalized spacial score (nSPS) is 11.4. The highest BCUT2D eigenvalue weighted by molar-refractivity contribution is 9.10. The molecular formula is C11H13BrFN3O2. The van der Waals surface area contributed by atoms with E-state index in [1.165, 1.54) is 24.1 Å². The Morgan fingerprint density at radius 1 is 1.61 bits per heavy atom. The summed E-state index contributed by atoms with van der Waals surface area (Å²) in [6.45, 7) is 0.240. The molecule has 0 saturated heterocycles. The topological polar surface area (TPSA) is 78.9 Å². The van der Waals surface area contributed by atoms with Crippen molar-refractivity contribution in [2.24, 2.45) is 10.9 Å². The van der Waals surface area contributed by atoms with Gasteiger partial charge in [-0.05, 0) is 18.2 Å². The molecule has 18 heavy (non-hydrogen) atoms. The summed E-state index contributed by atoms with van der Waals surface area (Å²) >= 11 is 3.12. The van der Waals surface area contributed by atoms with Gasteiger partial charge in [-0.2, -0.15) is 0 Å². The summed E-state index contributed by atoms with van der Waals surface area (Å²) in [6, 6.07) is 4.22. The summed E-state index contributed by atoms with van der Waals surface area (Å²) < 4.78 is 14.1. The highest BCUT2D eigenvalue weighted by Crippen LogP contribution is 2.16. The average Bonchev–Trinajstić information content (AvgIpc) is 2.34. The molecule has 0 aliphatic rings. The maximum Gasteiger partial charge on any atom is 0.256 e. The number of hydrogen-bond donors (Lipinski definition) is 2. The number of hydrogen-bond acceptors (Lipinski definition) is 3. The maximum absolute atomic E-state index is 13.6. The van der Waals surface area contributed by atoms with E-state index >= 15 is 0 Å². The van der Waals surface area contributed by atoms with Crippen LogP contribution in [-0.2, 0) is 0 Å². The number of nitrogens with zero attached hydrogens (tertiary/aromatic N) is 2. The number of nitrogens with two attached hydrogens (primary N) is 1. The molecule has 0 aliphatic heterocycles. The number of carbonyl (C=O) groups excluding carboxylic acids is 1. The van der Waals surface area contributed by atoms with Gasteiger partial charge in [-0.15, -0.1) is 0 Å². The van der Waals surface area contributed by atoms with Gasteiger partial charge in [0.15, 0.2) is 0 Å². The molecule has 1 aromatic rings. The first-order chi connectivity index (χ1) is 8.45. The molecule has 0 aliphatic carbocycles. The number of rotatable bonds is 4. The second-order valence-electron chi connectivity index (χ2n) is 3.69. The predicted molar refractivity (Wildman–Crippen MR) is 69.1 cm³/mol. The predicted octanol–water partition coefficient (Wildman–Crippen LogP) is 1.80. The van der Waals surface area contributed by atoms with Crippen molar-refractivity contribution in [3.8, 4) is 0 Å². The molecule has 0 radical (unpaired) electrons. The summed E-state index contributed by atoms with van der Waals surface area (Å²) in [4.78, 5) is 13.2. The van der Waals surface area contributed by atoms with Gasteiger partial charge >= 0.3 is 0 Å². The van der Waals surface area contributed by atoms with Gasteiger partial charge in [-0.3, -0.25) is 4.79 Å². The minimum atomic E-state index is -0.593. The number of amidine groups is 1. The lowest BCUT2D eigenvalue weighted by atomic mass is 10.2. The molecule has 98 valence electrons. The lowest BCUT2D eigenvalue weighted by Gasteiger charge is -2.17. The van der Waals surface area contributed by atoms with Crippen LogP contribution in [0.25, 0.3) is 0 Å². The maximum atomic E-state index is 13.6. The van der Waals surface area contributed by atoms with Crippen molar-refractivity contribution in [2.45, 2.75) is 6.42 Å². The van der Waals surface area contributed by atoms with Gasteiger partial charge < -0.3 is 15.8 Å². The molecule has 0 aromatic heterocycles. The van der Waals surface area contributed by atoms with Gasteiger partial charge in [0.1, 0.15) is 11.7 Å². The average molecular weight is 318 g/mol. The molecular weight excluding hydrogens is 305 g/mol. The van der Waals surface area contributed by atoms with Crippen LogP contribution in [0.15, 0.2) is 27.8 Å². The molecule has 3 N–H and O–H groups in total. The molecule has 0 bridgehead atoms. The SMILES string of the molecule is CN(CC/C(N)=N/O)C(=O)c1ccc(Br)cc1F. The fourth-order valence-electron chi connectivity index (χ4n) is 1.30. The van der Waals surface area contributed by atoms with Gasteiger partial charge in [-0.1, -0.05) is 21.1 Å². The first-order valence-corrected chi connectivity index (χ1v) is 5.92. The van der Waals surface area contributed by atoms with E-state index in [2.05, 4.69) is 21.1 Å². The van der Waals surface area contributed by atoms with Crippen LogP contribution in [0.3, 0.4) is 0 Å². The molecule has 1 aromatic carbocycles. The number of halogens is 2. The van der Waals surface area contributed by atoms with Gasteiger partial charge in [0.2, 0.25) is 0 Å². The van der Waals surface area contributed by atoms with E-state index in [1.54, 1.807) is 6.07 Å². The van der Waals surface area contributed by atoms with Crippen LogP contribution < -0.4 is 5.73 Å². The van der Waals surface area contributed by atoms with Crippen LogP contribution in [0, 0.1) is 5.82 Å². The van der Waals surface area contributed by atoms with Crippen molar-refractivity contribution < 1.29 is 14.4 Å². The molecule has 0 fully saturated rings. The first-order valence-electron chi connectivity index (χ1n) is 5.12. The zero-order chi connectivity index (χ0) is 13.7. The lowest BCUT2D eigenvalue weighted by molar-refractivity contribution is 0.0794. The summed E-state index contributed by atoms with van der Waals surface area (Å²) in [6.07, 6.45) is 0.219. The van der Waals surface area contributed by atoms with Crippen molar-refractivity contribution >= 4 is 27.7 Å². The number of oxime groups is 1. The fraction of sp³-hybridized carbons (Fsp3) is 0.273. The lowest BCUT2D eigenvalue weighted by Crippen LogP contribution is -2.31. The Hall–Kier alpha value is -1.63. The van der Waals surface area contributed by atoms with E-state index in [4.69, 9.17) is 10.9 Å². The van der Waals surface area contributed by atoms with E-state index in [9.17, 15) is 9.18 Å².